The Morgan fingerprint density at radius 2 is 2.00 bits per heavy atom. The highest BCUT2D eigenvalue weighted by Gasteiger charge is 2.17. The molecule has 1 aromatic carbocycles. The Morgan fingerprint density at radius 3 is 2.44 bits per heavy atom. The summed E-state index contributed by atoms with van der Waals surface area (Å²) in [7, 11) is -1.89. The maximum Gasteiger partial charge on any atom is 0.175 e. The molecule has 0 N–H and O–H groups in total. The first-order valence-electron chi connectivity index (χ1n) is 4.71. The first kappa shape index (κ1) is 12.7. The van der Waals surface area contributed by atoms with E-state index >= 15 is 0 Å². The minimum atomic E-state index is -3.34. The molecule has 0 saturated carbocycles. The topological polar surface area (TPSA) is 60.4 Å². The Balaban J connectivity index is 3.43. The van der Waals surface area contributed by atoms with Crippen LogP contribution < -0.4 is 4.74 Å². The van der Waals surface area contributed by atoms with E-state index in [1.54, 1.807) is 12.1 Å². The largest absolute Gasteiger partial charge is 0.496 e. The Kier molecular flexibility index (Phi) is 3.70. The zero-order valence-electron chi connectivity index (χ0n) is 9.48. The first-order valence-corrected chi connectivity index (χ1v) is 6.60. The maximum atomic E-state index is 11.5. The standard InChI is InChI=1S/C11H14O4S/c1-8(12)7-9-10(15-2)5-4-6-11(9)16(3,13)14/h4-6H,7H2,1-3H3. The summed E-state index contributed by atoms with van der Waals surface area (Å²) in [4.78, 5) is 11.3. The molecule has 4 nitrogen and oxygen atoms in total. The third kappa shape index (κ3) is 2.82. The van der Waals surface area contributed by atoms with E-state index in [0.29, 0.717) is 11.3 Å². The van der Waals surface area contributed by atoms with Crippen molar-refractivity contribution in [3.8, 4) is 5.75 Å². The predicted octanol–water partition coefficient (Wildman–Crippen LogP) is 1.23. The third-order valence-corrected chi connectivity index (χ3v) is 3.32. The summed E-state index contributed by atoms with van der Waals surface area (Å²) >= 11 is 0. The molecule has 0 aliphatic heterocycles. The van der Waals surface area contributed by atoms with Crippen molar-refractivity contribution < 1.29 is 17.9 Å². The molecule has 16 heavy (non-hydrogen) atoms. The third-order valence-electron chi connectivity index (χ3n) is 2.14. The quantitative estimate of drug-likeness (QED) is 0.796. The normalized spacial score (nSPS) is 11.2. The van der Waals surface area contributed by atoms with E-state index in [1.807, 2.05) is 0 Å². The number of rotatable bonds is 4. The number of carbonyl (C=O) groups excluding carboxylic acids is 1. The van der Waals surface area contributed by atoms with Gasteiger partial charge in [-0.05, 0) is 19.1 Å². The number of hydrogen-bond acceptors (Lipinski definition) is 4. The van der Waals surface area contributed by atoms with Gasteiger partial charge in [0.1, 0.15) is 11.5 Å². The molecule has 0 aliphatic rings. The molecule has 5 heteroatoms. The van der Waals surface area contributed by atoms with Gasteiger partial charge in [-0.25, -0.2) is 8.42 Å². The lowest BCUT2D eigenvalue weighted by molar-refractivity contribution is -0.116. The second-order valence-corrected chi connectivity index (χ2v) is 5.57. The number of ketones is 1. The van der Waals surface area contributed by atoms with Crippen molar-refractivity contribution >= 4 is 15.6 Å². The van der Waals surface area contributed by atoms with Crippen LogP contribution in [0.4, 0.5) is 0 Å². The van der Waals surface area contributed by atoms with Crippen LogP contribution in [0.3, 0.4) is 0 Å². The molecule has 0 spiro atoms. The molecule has 0 saturated heterocycles. The first-order chi connectivity index (χ1) is 7.36. The van der Waals surface area contributed by atoms with E-state index in [-0.39, 0.29) is 17.1 Å². The summed E-state index contributed by atoms with van der Waals surface area (Å²) in [6, 6.07) is 4.72. The summed E-state index contributed by atoms with van der Waals surface area (Å²) in [6.45, 7) is 1.42. The molecule has 0 unspecified atom stereocenters. The van der Waals surface area contributed by atoms with Crippen LogP contribution in [0.15, 0.2) is 23.1 Å². The van der Waals surface area contributed by atoms with E-state index in [4.69, 9.17) is 4.74 Å². The van der Waals surface area contributed by atoms with Gasteiger partial charge in [-0.2, -0.15) is 0 Å². The molecule has 0 radical (unpaired) electrons. The number of Topliss-reactive ketones (excluding diaryl/α,β-unsaturated/α-hetero) is 1. The molecule has 1 rings (SSSR count). The lowest BCUT2D eigenvalue weighted by Gasteiger charge is -2.11. The summed E-state index contributed by atoms with van der Waals surface area (Å²) in [5.74, 6) is 0.326. The fourth-order valence-corrected chi connectivity index (χ4v) is 2.45. The Morgan fingerprint density at radius 1 is 1.38 bits per heavy atom. The minimum absolute atomic E-state index is 0.0619. The molecule has 0 heterocycles. The lowest BCUT2D eigenvalue weighted by Crippen LogP contribution is -2.07. The average Bonchev–Trinajstić information content (AvgIpc) is 2.15. The van der Waals surface area contributed by atoms with Gasteiger partial charge >= 0.3 is 0 Å². The molecule has 0 atom stereocenters. The zero-order chi connectivity index (χ0) is 12.3. The minimum Gasteiger partial charge on any atom is -0.496 e. The summed E-state index contributed by atoms with van der Waals surface area (Å²) in [6.07, 6.45) is 1.18. The molecule has 0 bridgehead atoms. The Bertz CT molecular complexity index is 503. The van der Waals surface area contributed by atoms with Gasteiger partial charge in [0.2, 0.25) is 0 Å². The van der Waals surface area contributed by atoms with Crippen LogP contribution in [0, 0.1) is 0 Å². The molecule has 88 valence electrons. The van der Waals surface area contributed by atoms with Gasteiger partial charge in [0.25, 0.3) is 0 Å². The van der Waals surface area contributed by atoms with E-state index in [0.717, 1.165) is 6.26 Å². The van der Waals surface area contributed by atoms with Crippen LogP contribution in [-0.4, -0.2) is 27.6 Å². The highest BCUT2D eigenvalue weighted by molar-refractivity contribution is 7.90. The van der Waals surface area contributed by atoms with E-state index in [2.05, 4.69) is 0 Å². The smallest absolute Gasteiger partial charge is 0.175 e. The van der Waals surface area contributed by atoms with Gasteiger partial charge in [0, 0.05) is 18.2 Å². The zero-order valence-corrected chi connectivity index (χ0v) is 10.3. The summed E-state index contributed by atoms with van der Waals surface area (Å²) in [5.41, 5.74) is 0.431. The molecule has 0 aliphatic carbocycles. The van der Waals surface area contributed by atoms with Crippen molar-refractivity contribution in [2.75, 3.05) is 13.4 Å². The SMILES string of the molecule is COc1cccc(S(C)(=O)=O)c1CC(C)=O. The highest BCUT2D eigenvalue weighted by Crippen LogP contribution is 2.26. The maximum absolute atomic E-state index is 11.5. The summed E-state index contributed by atoms with van der Waals surface area (Å²) < 4.78 is 28.1. The van der Waals surface area contributed by atoms with Crippen molar-refractivity contribution in [3.63, 3.8) is 0 Å². The Labute approximate surface area is 95.2 Å². The average molecular weight is 242 g/mol. The fourth-order valence-electron chi connectivity index (χ4n) is 1.51. The second-order valence-electron chi connectivity index (χ2n) is 3.59. The van der Waals surface area contributed by atoms with Gasteiger partial charge < -0.3 is 4.74 Å². The lowest BCUT2D eigenvalue weighted by atomic mass is 10.1. The fraction of sp³-hybridized carbons (Fsp3) is 0.364. The number of benzene rings is 1. The van der Waals surface area contributed by atoms with Gasteiger partial charge in [-0.1, -0.05) is 6.07 Å². The molecular formula is C11H14O4S. The number of carbonyl (C=O) groups is 1. The highest BCUT2D eigenvalue weighted by atomic mass is 32.2. The number of methoxy groups -OCH3 is 1. The van der Waals surface area contributed by atoms with E-state index in [9.17, 15) is 13.2 Å². The van der Waals surface area contributed by atoms with Crippen LogP contribution in [0.1, 0.15) is 12.5 Å². The molecule has 1 aromatic rings. The monoisotopic (exact) mass is 242 g/mol. The number of hydrogen-bond donors (Lipinski definition) is 0. The molecule has 0 aromatic heterocycles. The van der Waals surface area contributed by atoms with Crippen LogP contribution >= 0.6 is 0 Å². The van der Waals surface area contributed by atoms with Crippen molar-refractivity contribution in [2.24, 2.45) is 0 Å². The second kappa shape index (κ2) is 4.65. The molecular weight excluding hydrogens is 228 g/mol. The van der Waals surface area contributed by atoms with Crippen molar-refractivity contribution in [1.29, 1.82) is 0 Å². The Hall–Kier alpha value is -1.36. The van der Waals surface area contributed by atoms with Crippen molar-refractivity contribution in [2.45, 2.75) is 18.2 Å². The van der Waals surface area contributed by atoms with E-state index < -0.39 is 9.84 Å². The van der Waals surface area contributed by atoms with Crippen LogP contribution in [0.2, 0.25) is 0 Å². The van der Waals surface area contributed by atoms with E-state index in [1.165, 1.54) is 20.1 Å². The van der Waals surface area contributed by atoms with Crippen LogP contribution in [0.5, 0.6) is 5.75 Å². The van der Waals surface area contributed by atoms with Gasteiger partial charge in [0.05, 0.1) is 12.0 Å². The van der Waals surface area contributed by atoms with Crippen LogP contribution in [-0.2, 0) is 21.1 Å². The van der Waals surface area contributed by atoms with Crippen LogP contribution in [0.25, 0.3) is 0 Å². The molecule has 0 amide bonds. The van der Waals surface area contributed by atoms with Gasteiger partial charge in [-0.15, -0.1) is 0 Å². The molecule has 0 fully saturated rings. The number of sulfone groups is 1. The number of ether oxygens (including phenoxy) is 1. The van der Waals surface area contributed by atoms with Crippen molar-refractivity contribution in [1.82, 2.24) is 0 Å². The van der Waals surface area contributed by atoms with Crippen molar-refractivity contribution in [3.05, 3.63) is 23.8 Å². The van der Waals surface area contributed by atoms with Gasteiger partial charge in [-0.3, -0.25) is 4.79 Å². The van der Waals surface area contributed by atoms with Gasteiger partial charge in [0.15, 0.2) is 9.84 Å². The summed E-state index contributed by atoms with van der Waals surface area (Å²) in [5, 5.41) is 0. The predicted molar refractivity (Wildman–Crippen MR) is 60.5 cm³/mol.